The number of ether oxygens (including phenoxy) is 2. The van der Waals surface area contributed by atoms with Gasteiger partial charge in [-0.2, -0.15) is 0 Å². The smallest absolute Gasteiger partial charge is 0.412 e. The van der Waals surface area contributed by atoms with Gasteiger partial charge in [0.15, 0.2) is 17.5 Å². The Hall–Kier alpha value is -5.14. The van der Waals surface area contributed by atoms with E-state index in [1.54, 1.807) is 39.1 Å². The lowest BCUT2D eigenvalue weighted by atomic mass is 10.2. The van der Waals surface area contributed by atoms with Crippen LogP contribution in [0.5, 0.6) is 5.75 Å². The monoisotopic (exact) mass is 582 g/mol. The minimum atomic E-state index is -0.872. The summed E-state index contributed by atoms with van der Waals surface area (Å²) < 4.78 is 45.4. The fourth-order valence-corrected chi connectivity index (χ4v) is 3.71. The number of amides is 2. The van der Waals surface area contributed by atoms with Crippen LogP contribution in [0.25, 0.3) is 0 Å². The average Bonchev–Trinajstić information content (AvgIpc) is 3.39. The maximum atomic E-state index is 15.0. The van der Waals surface area contributed by atoms with E-state index in [4.69, 9.17) is 13.9 Å². The third-order valence-corrected chi connectivity index (χ3v) is 5.60. The largest absolute Gasteiger partial charge is 0.491 e. The Kier molecular flexibility index (Phi) is 8.93. The predicted molar refractivity (Wildman–Crippen MR) is 145 cm³/mol. The van der Waals surface area contributed by atoms with Gasteiger partial charge in [0.25, 0.3) is 11.5 Å². The van der Waals surface area contributed by atoms with Crippen LogP contribution in [0.4, 0.5) is 19.3 Å². The van der Waals surface area contributed by atoms with Gasteiger partial charge in [-0.15, -0.1) is 0 Å². The Morgan fingerprint density at radius 3 is 2.52 bits per heavy atom. The number of nitrogens with zero attached hydrogens (tertiary/aromatic N) is 4. The number of methoxy groups -OCH3 is 1. The van der Waals surface area contributed by atoms with Gasteiger partial charge in [-0.05, 0) is 38.5 Å². The summed E-state index contributed by atoms with van der Waals surface area (Å²) in [7, 11) is 1.23. The lowest BCUT2D eigenvalue weighted by Crippen LogP contribution is -2.27. The number of hydrogen-bond donors (Lipinski definition) is 2. The quantitative estimate of drug-likeness (QED) is 0.300. The summed E-state index contributed by atoms with van der Waals surface area (Å²) in [5.74, 6) is -2.19. The van der Waals surface area contributed by atoms with Crippen LogP contribution in [0, 0.1) is 11.6 Å². The Morgan fingerprint density at radius 2 is 1.83 bits per heavy atom. The number of nitrogens with one attached hydrogen (secondary N) is 2. The summed E-state index contributed by atoms with van der Waals surface area (Å²) in [6.07, 6.45) is 4.51. The van der Waals surface area contributed by atoms with Gasteiger partial charge in [-0.25, -0.2) is 18.6 Å². The van der Waals surface area contributed by atoms with Crippen molar-refractivity contribution in [3.63, 3.8) is 0 Å². The molecule has 0 fully saturated rings. The normalized spacial score (nSPS) is 11.2. The molecule has 0 spiro atoms. The van der Waals surface area contributed by atoms with E-state index in [9.17, 15) is 18.8 Å². The maximum absolute atomic E-state index is 15.0. The van der Waals surface area contributed by atoms with E-state index in [-0.39, 0.29) is 53.9 Å². The molecule has 12 nitrogen and oxygen atoms in total. The van der Waals surface area contributed by atoms with E-state index in [2.05, 4.69) is 25.6 Å². The molecule has 4 aromatic rings. The topological polar surface area (TPSA) is 150 Å². The summed E-state index contributed by atoms with van der Waals surface area (Å²) in [5, 5.41) is 4.89. The number of hydrogen-bond acceptors (Lipinski definition) is 9. The first kappa shape index (κ1) is 29.8. The molecule has 220 valence electrons. The highest BCUT2D eigenvalue weighted by molar-refractivity contribution is 5.91. The Morgan fingerprint density at radius 1 is 1.05 bits per heavy atom. The fraction of sp³-hybridized carbons (Fsp3) is 0.286. The molecule has 0 aliphatic rings. The summed E-state index contributed by atoms with van der Waals surface area (Å²) in [4.78, 5) is 48.9. The molecule has 0 aromatic carbocycles. The molecule has 0 aliphatic heterocycles. The zero-order chi connectivity index (χ0) is 30.4. The molecule has 4 rings (SSSR count). The number of carbonyl (C=O) groups excluding carboxylic acids is 2. The average molecular weight is 583 g/mol. The van der Waals surface area contributed by atoms with Crippen LogP contribution >= 0.6 is 0 Å². The Bertz CT molecular complexity index is 1650. The molecule has 0 unspecified atom stereocenters. The molecule has 0 bridgehead atoms. The molecule has 0 saturated carbocycles. The van der Waals surface area contributed by atoms with Gasteiger partial charge in [-0.3, -0.25) is 24.9 Å². The number of carbonyl (C=O) groups is 2. The molecule has 4 aromatic heterocycles. The van der Waals surface area contributed by atoms with E-state index < -0.39 is 29.2 Å². The highest BCUT2D eigenvalue weighted by Crippen LogP contribution is 2.29. The highest BCUT2D eigenvalue weighted by atomic mass is 19.1. The molecule has 2 N–H and O–H groups in total. The summed E-state index contributed by atoms with van der Waals surface area (Å²) in [6.45, 7) is 4.85. The standard InChI is InChI=1S/C28H28F2N6O6/c1-28(2,3)42-27(39)35-20-12-32-19(24(30)25(20)40-4)11-34-26(38)21-13-33-22(41-21)9-16-5-7-18(31-10-16)15-36-14-17(29)6-8-23(36)37/h5-8,10,12-14H,9,11,15H2,1-4H3,(H,34,38)(H,35,39). The zero-order valence-electron chi connectivity index (χ0n) is 23.2. The fourth-order valence-electron chi connectivity index (χ4n) is 3.71. The number of halogens is 2. The molecular weight excluding hydrogens is 554 g/mol. The van der Waals surface area contributed by atoms with Crippen molar-refractivity contribution in [1.82, 2.24) is 24.8 Å². The van der Waals surface area contributed by atoms with Crippen LogP contribution in [0.1, 0.15) is 54.2 Å². The van der Waals surface area contributed by atoms with E-state index >= 15 is 4.39 Å². The van der Waals surface area contributed by atoms with Crippen LogP contribution in [0.2, 0.25) is 0 Å². The lowest BCUT2D eigenvalue weighted by molar-refractivity contribution is 0.0635. The van der Waals surface area contributed by atoms with E-state index in [0.29, 0.717) is 5.69 Å². The number of oxazole rings is 1. The zero-order valence-corrected chi connectivity index (χ0v) is 23.2. The van der Waals surface area contributed by atoms with Crippen LogP contribution in [0.3, 0.4) is 0 Å². The third kappa shape index (κ3) is 7.74. The maximum Gasteiger partial charge on any atom is 0.412 e. The van der Waals surface area contributed by atoms with Gasteiger partial charge >= 0.3 is 6.09 Å². The molecule has 2 amide bonds. The van der Waals surface area contributed by atoms with Crippen LogP contribution in [-0.2, 0) is 24.2 Å². The molecule has 4 heterocycles. The second kappa shape index (κ2) is 12.6. The Balaban J connectivity index is 1.34. The summed E-state index contributed by atoms with van der Waals surface area (Å²) in [6, 6.07) is 5.68. The van der Waals surface area contributed by atoms with Crippen molar-refractivity contribution in [3.8, 4) is 5.75 Å². The molecule has 0 radical (unpaired) electrons. The van der Waals surface area contributed by atoms with Crippen LogP contribution in [0.15, 0.2) is 58.3 Å². The van der Waals surface area contributed by atoms with Crippen LogP contribution < -0.4 is 20.9 Å². The van der Waals surface area contributed by atoms with E-state index in [1.807, 2.05) is 0 Å². The summed E-state index contributed by atoms with van der Waals surface area (Å²) in [5.41, 5.74) is -0.0180. The molecule has 0 saturated heterocycles. The third-order valence-electron chi connectivity index (χ3n) is 5.60. The van der Waals surface area contributed by atoms with Crippen molar-refractivity contribution in [2.45, 2.75) is 45.9 Å². The minimum Gasteiger partial charge on any atom is -0.491 e. The number of aromatic nitrogens is 4. The van der Waals surface area contributed by atoms with E-state index in [0.717, 1.165) is 23.9 Å². The van der Waals surface area contributed by atoms with E-state index in [1.165, 1.54) is 24.1 Å². The van der Waals surface area contributed by atoms with Gasteiger partial charge in [0.05, 0.1) is 50.4 Å². The van der Waals surface area contributed by atoms with Gasteiger partial charge < -0.3 is 23.8 Å². The first-order valence-corrected chi connectivity index (χ1v) is 12.7. The summed E-state index contributed by atoms with van der Waals surface area (Å²) >= 11 is 0. The van der Waals surface area contributed by atoms with Crippen molar-refractivity contribution >= 4 is 17.7 Å². The van der Waals surface area contributed by atoms with Gasteiger partial charge in [-0.1, -0.05) is 6.07 Å². The van der Waals surface area contributed by atoms with Gasteiger partial charge in [0, 0.05) is 18.5 Å². The van der Waals surface area contributed by atoms with Crippen molar-refractivity contribution in [2.24, 2.45) is 0 Å². The molecule has 0 atom stereocenters. The number of pyridine rings is 3. The number of rotatable bonds is 9. The van der Waals surface area contributed by atoms with Gasteiger partial charge in [0.1, 0.15) is 17.1 Å². The highest BCUT2D eigenvalue weighted by Gasteiger charge is 2.22. The predicted octanol–water partition coefficient (Wildman–Crippen LogP) is 3.83. The molecule has 42 heavy (non-hydrogen) atoms. The number of anilines is 1. The SMILES string of the molecule is COc1c(NC(=O)OC(C)(C)C)cnc(CNC(=O)c2cnc(Cc3ccc(Cn4cc(F)ccc4=O)nc3)o2)c1F. The van der Waals surface area contributed by atoms with Crippen molar-refractivity contribution in [2.75, 3.05) is 12.4 Å². The lowest BCUT2D eigenvalue weighted by Gasteiger charge is -2.20. The van der Waals surface area contributed by atoms with Crippen molar-refractivity contribution in [3.05, 3.63) is 99.6 Å². The minimum absolute atomic E-state index is 0.0374. The second-order valence-corrected chi connectivity index (χ2v) is 10.0. The first-order chi connectivity index (χ1) is 19.9. The second-order valence-electron chi connectivity index (χ2n) is 10.0. The molecule has 14 heteroatoms. The Labute approximate surface area is 238 Å². The molecule has 0 aliphatic carbocycles. The molecular formula is C28H28F2N6O6. The first-order valence-electron chi connectivity index (χ1n) is 12.7. The van der Waals surface area contributed by atoms with Crippen molar-refractivity contribution < 1.29 is 32.3 Å². The van der Waals surface area contributed by atoms with Gasteiger partial charge in [0.2, 0.25) is 5.76 Å². The van der Waals surface area contributed by atoms with Crippen molar-refractivity contribution in [1.29, 1.82) is 0 Å². The van der Waals surface area contributed by atoms with Crippen LogP contribution in [-0.4, -0.2) is 44.2 Å².